The van der Waals surface area contributed by atoms with Crippen LogP contribution in [0.4, 0.5) is 15.8 Å². The van der Waals surface area contributed by atoms with Gasteiger partial charge in [-0.1, -0.05) is 29.8 Å². The molecule has 3 aromatic rings. The molecule has 27 heavy (non-hydrogen) atoms. The van der Waals surface area contributed by atoms with E-state index in [0.717, 1.165) is 10.9 Å². The van der Waals surface area contributed by atoms with Crippen molar-refractivity contribution in [1.29, 1.82) is 0 Å². The number of hydrogen-bond acceptors (Lipinski definition) is 3. The van der Waals surface area contributed by atoms with Crippen LogP contribution >= 0.6 is 11.6 Å². The van der Waals surface area contributed by atoms with Crippen LogP contribution in [0.2, 0.25) is 5.02 Å². The van der Waals surface area contributed by atoms with Crippen LogP contribution in [0.3, 0.4) is 0 Å². The first-order valence-electron chi connectivity index (χ1n) is 8.43. The molecule has 2 heterocycles. The first-order chi connectivity index (χ1) is 13.0. The second kappa shape index (κ2) is 6.96. The van der Waals surface area contributed by atoms with Gasteiger partial charge < -0.3 is 10.2 Å². The van der Waals surface area contributed by atoms with Gasteiger partial charge in [-0.2, -0.15) is 0 Å². The fourth-order valence-electron chi connectivity index (χ4n) is 3.24. The molecule has 0 saturated carbocycles. The van der Waals surface area contributed by atoms with E-state index in [1.54, 1.807) is 11.1 Å². The molecule has 1 aliphatic heterocycles. The summed E-state index contributed by atoms with van der Waals surface area (Å²) < 4.78 is 13.3. The minimum Gasteiger partial charge on any atom is -0.326 e. The summed E-state index contributed by atoms with van der Waals surface area (Å²) in [6, 6.07) is 13.3. The van der Waals surface area contributed by atoms with E-state index in [4.69, 9.17) is 11.6 Å². The van der Waals surface area contributed by atoms with Gasteiger partial charge in [-0.05, 0) is 30.3 Å². The third kappa shape index (κ3) is 3.36. The molecular weight excluding hydrogens is 369 g/mol. The van der Waals surface area contributed by atoms with E-state index >= 15 is 0 Å². The summed E-state index contributed by atoms with van der Waals surface area (Å²) in [4.78, 5) is 31.1. The summed E-state index contributed by atoms with van der Waals surface area (Å²) in [7, 11) is 0. The Morgan fingerprint density at radius 1 is 1.22 bits per heavy atom. The smallest absolute Gasteiger partial charge is 0.229 e. The lowest BCUT2D eigenvalue weighted by atomic mass is 10.1. The van der Waals surface area contributed by atoms with Crippen LogP contribution in [0.5, 0.6) is 0 Å². The van der Waals surface area contributed by atoms with Gasteiger partial charge in [0.25, 0.3) is 0 Å². The van der Waals surface area contributed by atoms with E-state index in [1.807, 2.05) is 30.3 Å². The topological polar surface area (TPSA) is 62.3 Å². The van der Waals surface area contributed by atoms with Crippen LogP contribution in [-0.4, -0.2) is 23.3 Å². The maximum absolute atomic E-state index is 13.3. The van der Waals surface area contributed by atoms with Gasteiger partial charge in [-0.3, -0.25) is 14.6 Å². The fourth-order valence-corrected chi connectivity index (χ4v) is 3.42. The SMILES string of the molecule is O=C(Nc1ccc(F)c(Cl)c1)C1CC(=O)N(c2cccc3cccnc23)C1. The molecule has 136 valence electrons. The number of nitrogens with zero attached hydrogens (tertiary/aromatic N) is 2. The van der Waals surface area contributed by atoms with Crippen LogP contribution in [0.15, 0.2) is 54.7 Å². The third-order valence-electron chi connectivity index (χ3n) is 4.59. The first-order valence-corrected chi connectivity index (χ1v) is 8.81. The second-order valence-electron chi connectivity index (χ2n) is 6.38. The molecule has 7 heteroatoms. The van der Waals surface area contributed by atoms with Gasteiger partial charge in [-0.25, -0.2) is 4.39 Å². The van der Waals surface area contributed by atoms with Gasteiger partial charge >= 0.3 is 0 Å². The van der Waals surface area contributed by atoms with Crippen LogP contribution in [0.25, 0.3) is 10.9 Å². The van der Waals surface area contributed by atoms with E-state index in [2.05, 4.69) is 10.3 Å². The van der Waals surface area contributed by atoms with Gasteiger partial charge in [0, 0.05) is 30.2 Å². The van der Waals surface area contributed by atoms with E-state index in [-0.39, 0.29) is 29.8 Å². The minimum absolute atomic E-state index is 0.0706. The van der Waals surface area contributed by atoms with Crippen molar-refractivity contribution in [2.24, 2.45) is 5.92 Å². The number of benzene rings is 2. The number of fused-ring (bicyclic) bond motifs is 1. The average Bonchev–Trinajstić information content (AvgIpc) is 3.06. The van der Waals surface area contributed by atoms with E-state index in [0.29, 0.717) is 11.4 Å². The van der Waals surface area contributed by atoms with Crippen molar-refractivity contribution in [3.63, 3.8) is 0 Å². The lowest BCUT2D eigenvalue weighted by Crippen LogP contribution is -2.28. The molecule has 0 bridgehead atoms. The highest BCUT2D eigenvalue weighted by molar-refractivity contribution is 6.31. The number of pyridine rings is 1. The average molecular weight is 384 g/mol. The highest BCUT2D eigenvalue weighted by Crippen LogP contribution is 2.31. The summed E-state index contributed by atoms with van der Waals surface area (Å²) in [5.74, 6) is -1.51. The Balaban J connectivity index is 1.55. The molecule has 1 atom stereocenters. The summed E-state index contributed by atoms with van der Waals surface area (Å²) in [6.45, 7) is 0.259. The van der Waals surface area contributed by atoms with Crippen LogP contribution < -0.4 is 10.2 Å². The molecule has 0 radical (unpaired) electrons. The number of hydrogen-bond donors (Lipinski definition) is 1. The van der Waals surface area contributed by atoms with Crippen molar-refractivity contribution in [2.45, 2.75) is 6.42 Å². The number of halogens is 2. The highest BCUT2D eigenvalue weighted by Gasteiger charge is 2.36. The molecule has 1 fully saturated rings. The van der Waals surface area contributed by atoms with Crippen LogP contribution in [0.1, 0.15) is 6.42 Å². The number of carbonyl (C=O) groups excluding carboxylic acids is 2. The molecule has 1 N–H and O–H groups in total. The summed E-state index contributed by atoms with van der Waals surface area (Å²) in [5.41, 5.74) is 1.81. The van der Waals surface area contributed by atoms with Crippen molar-refractivity contribution in [2.75, 3.05) is 16.8 Å². The van der Waals surface area contributed by atoms with E-state index in [9.17, 15) is 14.0 Å². The quantitative estimate of drug-likeness (QED) is 0.743. The molecule has 1 unspecified atom stereocenters. The Labute approximate surface area is 159 Å². The monoisotopic (exact) mass is 383 g/mol. The molecule has 5 nitrogen and oxygen atoms in total. The number of carbonyl (C=O) groups is 2. The highest BCUT2D eigenvalue weighted by atomic mass is 35.5. The lowest BCUT2D eigenvalue weighted by Gasteiger charge is -2.18. The molecule has 1 aromatic heterocycles. The molecule has 2 aromatic carbocycles. The molecule has 0 aliphatic carbocycles. The number of nitrogens with one attached hydrogen (secondary N) is 1. The number of anilines is 2. The lowest BCUT2D eigenvalue weighted by molar-refractivity contribution is -0.122. The zero-order chi connectivity index (χ0) is 19.0. The molecule has 1 aliphatic rings. The maximum Gasteiger partial charge on any atom is 0.229 e. The van der Waals surface area contributed by atoms with Crippen LogP contribution in [0, 0.1) is 11.7 Å². The number of para-hydroxylation sites is 1. The van der Waals surface area contributed by atoms with Crippen molar-refractivity contribution in [3.8, 4) is 0 Å². The van der Waals surface area contributed by atoms with Crippen molar-refractivity contribution < 1.29 is 14.0 Å². The molecule has 1 saturated heterocycles. The number of amides is 2. The maximum atomic E-state index is 13.3. The standard InChI is InChI=1S/C20H15ClFN3O2/c21-15-10-14(6-7-16(15)22)24-20(27)13-9-18(26)25(11-13)17-5-1-3-12-4-2-8-23-19(12)17/h1-8,10,13H,9,11H2,(H,24,27). The Morgan fingerprint density at radius 3 is 2.85 bits per heavy atom. The summed E-state index contributed by atoms with van der Waals surface area (Å²) >= 11 is 5.74. The first kappa shape index (κ1) is 17.4. The Kier molecular flexibility index (Phi) is 4.49. The van der Waals surface area contributed by atoms with Gasteiger partial charge in [0.1, 0.15) is 5.82 Å². The molecular formula is C20H15ClFN3O2. The van der Waals surface area contributed by atoms with E-state index in [1.165, 1.54) is 18.2 Å². The Hall–Kier alpha value is -2.99. The largest absolute Gasteiger partial charge is 0.326 e. The van der Waals surface area contributed by atoms with E-state index < -0.39 is 11.7 Å². The fraction of sp³-hybridized carbons (Fsp3) is 0.150. The van der Waals surface area contributed by atoms with Crippen molar-refractivity contribution in [3.05, 3.63) is 65.6 Å². The number of rotatable bonds is 3. The molecule has 0 spiro atoms. The predicted octanol–water partition coefficient (Wildman–Crippen LogP) is 4.02. The number of aromatic nitrogens is 1. The van der Waals surface area contributed by atoms with Gasteiger partial charge in [0.2, 0.25) is 11.8 Å². The second-order valence-corrected chi connectivity index (χ2v) is 6.78. The third-order valence-corrected chi connectivity index (χ3v) is 4.87. The Morgan fingerprint density at radius 2 is 2.04 bits per heavy atom. The molecule has 2 amide bonds. The van der Waals surface area contributed by atoms with Gasteiger partial charge in [0.15, 0.2) is 0 Å². The Bertz CT molecular complexity index is 1050. The van der Waals surface area contributed by atoms with Crippen LogP contribution in [-0.2, 0) is 9.59 Å². The van der Waals surface area contributed by atoms with Crippen molar-refractivity contribution in [1.82, 2.24) is 4.98 Å². The summed E-state index contributed by atoms with van der Waals surface area (Å²) in [5, 5.41) is 3.55. The summed E-state index contributed by atoms with van der Waals surface area (Å²) in [6.07, 6.45) is 1.78. The minimum atomic E-state index is -0.555. The predicted molar refractivity (Wildman–Crippen MR) is 102 cm³/mol. The zero-order valence-electron chi connectivity index (χ0n) is 14.2. The zero-order valence-corrected chi connectivity index (χ0v) is 14.9. The van der Waals surface area contributed by atoms with Crippen molar-refractivity contribution >= 4 is 45.7 Å². The van der Waals surface area contributed by atoms with Gasteiger partial charge in [-0.15, -0.1) is 0 Å². The molecule has 4 rings (SSSR count). The normalized spacial score (nSPS) is 16.7. The van der Waals surface area contributed by atoms with Gasteiger partial charge in [0.05, 0.1) is 22.1 Å².